The zero-order valence-corrected chi connectivity index (χ0v) is 10.8. The average molecular weight is 270 g/mol. The molecule has 7 nitrogen and oxygen atoms in total. The Balaban J connectivity index is 2.18. The van der Waals surface area contributed by atoms with Gasteiger partial charge in [0, 0.05) is 38.7 Å². The first-order valence-electron chi connectivity index (χ1n) is 5.91. The van der Waals surface area contributed by atoms with Crippen molar-refractivity contribution >= 4 is 11.9 Å². The number of carbonyl (C=O) groups is 2. The molecule has 0 aliphatic rings. The van der Waals surface area contributed by atoms with Crippen molar-refractivity contribution < 1.29 is 23.8 Å². The van der Waals surface area contributed by atoms with E-state index in [1.807, 2.05) is 0 Å². The van der Waals surface area contributed by atoms with Gasteiger partial charge in [0.25, 0.3) is 0 Å². The zero-order valence-electron chi connectivity index (χ0n) is 10.8. The van der Waals surface area contributed by atoms with Crippen molar-refractivity contribution in [1.82, 2.24) is 10.6 Å². The highest BCUT2D eigenvalue weighted by Gasteiger charge is 2.13. The molecule has 0 fully saturated rings. The molecule has 1 aromatic rings. The first-order chi connectivity index (χ1) is 9.15. The average Bonchev–Trinajstić information content (AvgIpc) is 2.83. The van der Waals surface area contributed by atoms with Crippen LogP contribution in [0, 0.1) is 0 Å². The quantitative estimate of drug-likeness (QED) is 0.555. The number of amides is 1. The fraction of sp³-hybridized carbons (Fsp3) is 0.500. The van der Waals surface area contributed by atoms with Crippen molar-refractivity contribution in [3.8, 4) is 0 Å². The van der Waals surface area contributed by atoms with Gasteiger partial charge >= 0.3 is 5.97 Å². The van der Waals surface area contributed by atoms with E-state index in [1.54, 1.807) is 13.2 Å². The number of furan rings is 1. The van der Waals surface area contributed by atoms with Crippen LogP contribution in [0.5, 0.6) is 0 Å². The van der Waals surface area contributed by atoms with Crippen LogP contribution in [0.4, 0.5) is 0 Å². The van der Waals surface area contributed by atoms with Crippen molar-refractivity contribution in [2.45, 2.75) is 13.0 Å². The first-order valence-corrected chi connectivity index (χ1v) is 5.91. The summed E-state index contributed by atoms with van der Waals surface area (Å²) in [5.74, 6) is -1.24. The third kappa shape index (κ3) is 5.54. The van der Waals surface area contributed by atoms with Gasteiger partial charge in [-0.1, -0.05) is 0 Å². The molecule has 0 unspecified atom stereocenters. The molecule has 0 saturated carbocycles. The summed E-state index contributed by atoms with van der Waals surface area (Å²) in [6.45, 7) is 1.78. The minimum absolute atomic E-state index is 0.0722. The van der Waals surface area contributed by atoms with E-state index in [1.165, 1.54) is 6.26 Å². The van der Waals surface area contributed by atoms with Crippen LogP contribution >= 0.6 is 0 Å². The monoisotopic (exact) mass is 270 g/mol. The molecule has 0 saturated heterocycles. The van der Waals surface area contributed by atoms with Gasteiger partial charge in [0.05, 0.1) is 12.9 Å². The Kier molecular flexibility index (Phi) is 6.62. The Labute approximate surface area is 110 Å². The molecule has 0 radical (unpaired) electrons. The predicted molar refractivity (Wildman–Crippen MR) is 66.9 cm³/mol. The van der Waals surface area contributed by atoms with Crippen LogP contribution in [0.15, 0.2) is 16.7 Å². The highest BCUT2D eigenvalue weighted by molar-refractivity contribution is 5.86. The fourth-order valence-electron chi connectivity index (χ4n) is 1.47. The molecule has 19 heavy (non-hydrogen) atoms. The maximum atomic E-state index is 11.3. The van der Waals surface area contributed by atoms with Crippen molar-refractivity contribution in [2.24, 2.45) is 0 Å². The number of aromatic carboxylic acids is 1. The van der Waals surface area contributed by atoms with E-state index in [2.05, 4.69) is 10.6 Å². The van der Waals surface area contributed by atoms with Crippen LogP contribution in [0.3, 0.4) is 0 Å². The summed E-state index contributed by atoms with van der Waals surface area (Å²) in [7, 11) is 1.57. The molecule has 0 aromatic carbocycles. The van der Waals surface area contributed by atoms with Gasteiger partial charge in [-0.2, -0.15) is 0 Å². The van der Waals surface area contributed by atoms with Crippen LogP contribution in [0.25, 0.3) is 0 Å². The number of hydrogen-bond acceptors (Lipinski definition) is 5. The van der Waals surface area contributed by atoms with E-state index in [0.29, 0.717) is 38.2 Å². The van der Waals surface area contributed by atoms with E-state index in [-0.39, 0.29) is 11.7 Å². The van der Waals surface area contributed by atoms with Crippen molar-refractivity contribution in [3.05, 3.63) is 23.7 Å². The first kappa shape index (κ1) is 15.2. The number of rotatable bonds is 9. The topological polar surface area (TPSA) is 101 Å². The zero-order chi connectivity index (χ0) is 14.1. The Morgan fingerprint density at radius 3 is 2.89 bits per heavy atom. The van der Waals surface area contributed by atoms with Crippen molar-refractivity contribution in [1.29, 1.82) is 0 Å². The van der Waals surface area contributed by atoms with Gasteiger partial charge in [-0.25, -0.2) is 4.79 Å². The van der Waals surface area contributed by atoms with E-state index >= 15 is 0 Å². The Morgan fingerprint density at radius 2 is 2.21 bits per heavy atom. The Bertz CT molecular complexity index is 416. The number of nitrogens with one attached hydrogen (secondary N) is 2. The normalized spacial score (nSPS) is 10.4. The molecule has 0 spiro atoms. The largest absolute Gasteiger partial charge is 0.475 e. The van der Waals surface area contributed by atoms with E-state index in [0.717, 1.165) is 0 Å². The second kappa shape index (κ2) is 8.28. The van der Waals surface area contributed by atoms with Crippen LogP contribution in [-0.4, -0.2) is 43.8 Å². The lowest BCUT2D eigenvalue weighted by molar-refractivity contribution is -0.121. The highest BCUT2D eigenvalue weighted by atomic mass is 16.5. The molecule has 7 heteroatoms. The summed E-state index contributed by atoms with van der Waals surface area (Å²) in [5.41, 5.74) is 0.562. The highest BCUT2D eigenvalue weighted by Crippen LogP contribution is 2.09. The van der Waals surface area contributed by atoms with Gasteiger partial charge in [-0.3, -0.25) is 4.79 Å². The second-order valence-corrected chi connectivity index (χ2v) is 3.85. The lowest BCUT2D eigenvalue weighted by atomic mass is 10.2. The fourth-order valence-corrected chi connectivity index (χ4v) is 1.47. The lowest BCUT2D eigenvalue weighted by Crippen LogP contribution is -2.30. The number of hydrogen-bond donors (Lipinski definition) is 3. The second-order valence-electron chi connectivity index (χ2n) is 3.85. The molecule has 0 atom stereocenters. The van der Waals surface area contributed by atoms with Crippen molar-refractivity contribution in [3.63, 3.8) is 0 Å². The standard InChI is InChI=1S/C12H18N2O5/c1-18-7-5-14-10(15)2-4-13-8-9-3-6-19-11(9)12(16)17/h3,6,13H,2,4-5,7-8H2,1H3,(H,14,15)(H,16,17). The number of methoxy groups -OCH3 is 1. The maximum Gasteiger partial charge on any atom is 0.372 e. The Morgan fingerprint density at radius 1 is 1.42 bits per heavy atom. The smallest absolute Gasteiger partial charge is 0.372 e. The minimum Gasteiger partial charge on any atom is -0.475 e. The van der Waals surface area contributed by atoms with Gasteiger partial charge < -0.3 is 24.9 Å². The molecule has 3 N–H and O–H groups in total. The summed E-state index contributed by atoms with van der Waals surface area (Å²) in [6.07, 6.45) is 1.65. The summed E-state index contributed by atoms with van der Waals surface area (Å²) >= 11 is 0. The van der Waals surface area contributed by atoms with E-state index < -0.39 is 5.97 Å². The SMILES string of the molecule is COCCNC(=O)CCNCc1ccoc1C(=O)O. The molecular weight excluding hydrogens is 252 g/mol. The van der Waals surface area contributed by atoms with Gasteiger partial charge in [0.15, 0.2) is 0 Å². The molecular formula is C12H18N2O5. The molecule has 1 aromatic heterocycles. The van der Waals surface area contributed by atoms with Gasteiger partial charge in [0.2, 0.25) is 11.7 Å². The summed E-state index contributed by atoms with van der Waals surface area (Å²) in [6, 6.07) is 1.59. The minimum atomic E-state index is -1.10. The summed E-state index contributed by atoms with van der Waals surface area (Å²) in [4.78, 5) is 22.1. The van der Waals surface area contributed by atoms with Crippen LogP contribution in [0.1, 0.15) is 22.5 Å². The third-order valence-electron chi connectivity index (χ3n) is 2.41. The van der Waals surface area contributed by atoms with E-state index in [4.69, 9.17) is 14.3 Å². The summed E-state index contributed by atoms with van der Waals surface area (Å²) < 4.78 is 9.64. The van der Waals surface area contributed by atoms with Crippen molar-refractivity contribution in [2.75, 3.05) is 26.8 Å². The number of ether oxygens (including phenoxy) is 1. The van der Waals surface area contributed by atoms with Gasteiger partial charge in [-0.15, -0.1) is 0 Å². The molecule has 1 heterocycles. The van der Waals surface area contributed by atoms with Gasteiger partial charge in [0.1, 0.15) is 0 Å². The Hall–Kier alpha value is -1.86. The number of carbonyl (C=O) groups excluding carboxylic acids is 1. The molecule has 1 amide bonds. The van der Waals surface area contributed by atoms with Crippen LogP contribution in [0.2, 0.25) is 0 Å². The molecule has 0 aliphatic carbocycles. The van der Waals surface area contributed by atoms with Crippen LogP contribution in [-0.2, 0) is 16.1 Å². The lowest BCUT2D eigenvalue weighted by Gasteiger charge is -2.05. The molecule has 106 valence electrons. The van der Waals surface area contributed by atoms with E-state index in [9.17, 15) is 9.59 Å². The molecule has 1 rings (SSSR count). The molecule has 0 aliphatic heterocycles. The predicted octanol–water partition coefficient (Wildman–Crippen LogP) is 0.220. The third-order valence-corrected chi connectivity index (χ3v) is 2.41. The van der Waals surface area contributed by atoms with Gasteiger partial charge in [-0.05, 0) is 6.07 Å². The maximum absolute atomic E-state index is 11.3. The molecule has 0 bridgehead atoms. The number of carboxylic acid groups (broad SMARTS) is 1. The van der Waals surface area contributed by atoms with Crippen LogP contribution < -0.4 is 10.6 Å². The summed E-state index contributed by atoms with van der Waals surface area (Å²) in [5, 5.41) is 14.5. The number of carboxylic acids is 1.